The molecule has 0 saturated carbocycles. The summed E-state index contributed by atoms with van der Waals surface area (Å²) < 4.78 is 31.8. The lowest BCUT2D eigenvalue weighted by atomic mass is 9.66. The van der Waals surface area contributed by atoms with Crippen molar-refractivity contribution < 1.29 is 9.13 Å². The van der Waals surface area contributed by atoms with E-state index in [4.69, 9.17) is 0 Å². The number of rotatable bonds is 10. The van der Waals surface area contributed by atoms with Gasteiger partial charge in [-0.25, -0.2) is 0 Å². The second kappa shape index (κ2) is 19.3. The molecule has 0 radical (unpaired) electrons. The predicted octanol–water partition coefficient (Wildman–Crippen LogP) is 17.7. The molecule has 0 heterocycles. The number of hydrogen-bond donors (Lipinski definition) is 0. The largest absolute Gasteiger partial charge is 0.309 e. The zero-order valence-electron chi connectivity index (χ0n) is 46.9. The molecule has 0 atom stereocenters. The summed E-state index contributed by atoms with van der Waals surface area (Å²) in [5.74, 6) is 0. The lowest BCUT2D eigenvalue weighted by Gasteiger charge is -2.35. The molecular weight excluding hydrogens is 1080 g/mol. The van der Waals surface area contributed by atoms with Crippen molar-refractivity contribution in [2.75, 3.05) is 0 Å². The van der Waals surface area contributed by atoms with E-state index in [0.29, 0.717) is 0 Å². The number of benzene rings is 15. The van der Waals surface area contributed by atoms with Gasteiger partial charge in [0.15, 0.2) is 14.3 Å². The highest BCUT2D eigenvalue weighted by Crippen LogP contribution is 2.60. The van der Waals surface area contributed by atoms with E-state index in [1.165, 1.54) is 98.7 Å². The van der Waals surface area contributed by atoms with Crippen LogP contribution in [0.4, 0.5) is 0 Å². The summed E-state index contributed by atoms with van der Waals surface area (Å²) in [6.45, 7) is 0. The van der Waals surface area contributed by atoms with E-state index in [2.05, 4.69) is 206 Å². The Hall–Kier alpha value is -9.94. The van der Waals surface area contributed by atoms with Crippen LogP contribution in [0.2, 0.25) is 0 Å². The van der Waals surface area contributed by atoms with Crippen molar-refractivity contribution in [3.63, 3.8) is 0 Å². The quantitative estimate of drug-likeness (QED) is 0.0777. The van der Waals surface area contributed by atoms with E-state index >= 15 is 9.13 Å². The Balaban J connectivity index is 0.898. The van der Waals surface area contributed by atoms with Crippen LogP contribution in [-0.2, 0) is 20.0 Å². The molecule has 2 nitrogen and oxygen atoms in total. The van der Waals surface area contributed by atoms with Gasteiger partial charge in [-0.1, -0.05) is 303 Å². The molecule has 2 aliphatic rings. The van der Waals surface area contributed by atoms with Gasteiger partial charge >= 0.3 is 0 Å². The van der Waals surface area contributed by atoms with Gasteiger partial charge in [0.1, 0.15) is 0 Å². The smallest absolute Gasteiger partial charge is 0.171 e. The summed E-state index contributed by atoms with van der Waals surface area (Å²) in [7, 11) is -6.52. The van der Waals surface area contributed by atoms with Crippen molar-refractivity contribution in [1.29, 1.82) is 0 Å². The highest BCUT2D eigenvalue weighted by atomic mass is 31.2. The SMILES string of the molecule is O=P(c1ccccc1)(c1ccccc1)c1ccc(C2(c3cc4cccc5c6cc(C7(c8ccc(P(=O)(c9ccccc9)c9ccccc9)cc8)c8ccccc8-c8ccccc87)cc7cccc(c(c3)c45)c76)c3ccccc3-c3ccccc32)cc1. The van der Waals surface area contributed by atoms with Gasteiger partial charge in [-0.15, -0.1) is 0 Å². The van der Waals surface area contributed by atoms with Crippen LogP contribution in [0.1, 0.15) is 44.5 Å². The predicted molar refractivity (Wildman–Crippen MR) is 361 cm³/mol. The third kappa shape index (κ3) is 6.98. The van der Waals surface area contributed by atoms with Crippen LogP contribution in [0.25, 0.3) is 65.3 Å². The van der Waals surface area contributed by atoms with Crippen molar-refractivity contribution in [1.82, 2.24) is 0 Å². The first-order valence-electron chi connectivity index (χ1n) is 29.6. The minimum atomic E-state index is -3.26. The summed E-state index contributed by atoms with van der Waals surface area (Å²) >= 11 is 0. The highest BCUT2D eigenvalue weighted by Gasteiger charge is 2.49. The molecular formula is C82H54O2P2. The molecule has 15 aromatic carbocycles. The third-order valence-electron chi connectivity index (χ3n) is 19.1. The average Bonchev–Trinajstić information content (AvgIpc) is 1.42. The van der Waals surface area contributed by atoms with Crippen molar-refractivity contribution in [2.45, 2.75) is 10.8 Å². The van der Waals surface area contributed by atoms with E-state index < -0.39 is 25.1 Å². The second-order valence-electron chi connectivity index (χ2n) is 23.2. The lowest BCUT2D eigenvalue weighted by molar-refractivity contribution is 0.591. The molecule has 404 valence electrons. The van der Waals surface area contributed by atoms with Crippen LogP contribution >= 0.6 is 14.3 Å². The standard InChI is InChI=1S/C82H54O2P2/c83-85(61-25-5-1-6-26-61,62-27-7-2-8-28-62)65-47-43-57(44-48-65)81(75-39-17-13-33-67(75)68-34-14-18-40-76(68)81)59-51-55-23-21-38-72-74-54-60(52-56-24-22-37-71(80(56)74)73(53-59)79(55)72)82(77-41-19-15-35-69(77)70-36-16-20-42-78(70)82)58-45-49-66(50-46-58)86(84,63-29-9-3-10-30-63)64-31-11-4-12-32-64/h1-54H. The van der Waals surface area contributed by atoms with Crippen LogP contribution < -0.4 is 31.8 Å². The third-order valence-corrected chi connectivity index (χ3v) is 25.3. The van der Waals surface area contributed by atoms with Gasteiger partial charge in [0.05, 0.1) is 10.8 Å². The summed E-state index contributed by atoms with van der Waals surface area (Å²) in [5, 5.41) is 14.5. The summed E-state index contributed by atoms with van der Waals surface area (Å²) in [6.07, 6.45) is 0. The van der Waals surface area contributed by atoms with Crippen LogP contribution in [0.5, 0.6) is 0 Å². The Kier molecular flexibility index (Phi) is 11.3. The second-order valence-corrected chi connectivity index (χ2v) is 28.7. The molecule has 0 aliphatic heterocycles. The maximum absolute atomic E-state index is 15.9. The van der Waals surface area contributed by atoms with Gasteiger partial charge < -0.3 is 9.13 Å². The van der Waals surface area contributed by atoms with Crippen LogP contribution in [-0.4, -0.2) is 0 Å². The molecule has 2 aliphatic carbocycles. The molecule has 0 bridgehead atoms. The minimum absolute atomic E-state index is 0.727. The zero-order valence-corrected chi connectivity index (χ0v) is 48.7. The van der Waals surface area contributed by atoms with E-state index in [1.54, 1.807) is 0 Å². The van der Waals surface area contributed by atoms with Crippen molar-refractivity contribution in [3.8, 4) is 22.3 Å². The van der Waals surface area contributed by atoms with E-state index in [1.807, 2.05) is 121 Å². The molecule has 0 unspecified atom stereocenters. The molecule has 0 fully saturated rings. The summed E-state index contributed by atoms with van der Waals surface area (Å²) in [4.78, 5) is 0. The number of fused-ring (bicyclic) bond motifs is 8. The Morgan fingerprint density at radius 3 is 0.779 bits per heavy atom. The van der Waals surface area contributed by atoms with Gasteiger partial charge in [-0.3, -0.25) is 0 Å². The Morgan fingerprint density at radius 1 is 0.209 bits per heavy atom. The molecule has 15 aromatic rings. The minimum Gasteiger partial charge on any atom is -0.309 e. The first kappa shape index (κ1) is 50.6. The Labute approximate surface area is 500 Å². The Morgan fingerprint density at radius 2 is 0.477 bits per heavy atom. The van der Waals surface area contributed by atoms with Gasteiger partial charge in [0.25, 0.3) is 0 Å². The molecule has 0 amide bonds. The zero-order chi connectivity index (χ0) is 57.2. The van der Waals surface area contributed by atoms with Crippen molar-refractivity contribution >= 4 is 89.2 Å². The summed E-state index contributed by atoms with van der Waals surface area (Å²) in [6, 6.07) is 117. The number of hydrogen-bond acceptors (Lipinski definition) is 2. The maximum Gasteiger partial charge on any atom is 0.171 e. The highest BCUT2D eigenvalue weighted by molar-refractivity contribution is 7.85. The lowest BCUT2D eigenvalue weighted by Crippen LogP contribution is -2.30. The molecule has 17 rings (SSSR count). The fraction of sp³-hybridized carbons (Fsp3) is 0.0244. The molecule has 86 heavy (non-hydrogen) atoms. The maximum atomic E-state index is 15.9. The fourth-order valence-electron chi connectivity index (χ4n) is 15.5. The van der Waals surface area contributed by atoms with Gasteiger partial charge in [-0.2, -0.15) is 0 Å². The monoisotopic (exact) mass is 1130 g/mol. The normalized spacial score (nSPS) is 13.9. The Bertz CT molecular complexity index is 4760. The van der Waals surface area contributed by atoms with E-state index in [9.17, 15) is 0 Å². The van der Waals surface area contributed by atoms with Crippen LogP contribution in [0, 0.1) is 0 Å². The topological polar surface area (TPSA) is 34.1 Å². The van der Waals surface area contributed by atoms with Gasteiger partial charge in [0.2, 0.25) is 0 Å². The average molecular weight is 1130 g/mol. The van der Waals surface area contributed by atoms with E-state index in [0.717, 1.165) is 43.0 Å². The van der Waals surface area contributed by atoms with Crippen molar-refractivity contribution in [2.24, 2.45) is 0 Å². The fourth-order valence-corrected chi connectivity index (χ4v) is 20.8. The van der Waals surface area contributed by atoms with Crippen LogP contribution in [0.15, 0.2) is 328 Å². The van der Waals surface area contributed by atoms with Crippen LogP contribution in [0.3, 0.4) is 0 Å². The molecule has 4 heteroatoms. The summed E-state index contributed by atoms with van der Waals surface area (Å²) in [5.41, 5.74) is 12.9. The first-order chi connectivity index (χ1) is 42.4. The molecule has 0 saturated heterocycles. The molecule has 0 N–H and O–H groups in total. The van der Waals surface area contributed by atoms with Gasteiger partial charge in [-0.05, 0) is 134 Å². The van der Waals surface area contributed by atoms with E-state index in [-0.39, 0.29) is 0 Å². The molecule has 0 aromatic heterocycles. The molecule has 0 spiro atoms. The van der Waals surface area contributed by atoms with Crippen molar-refractivity contribution in [3.05, 3.63) is 372 Å². The van der Waals surface area contributed by atoms with Gasteiger partial charge in [0, 0.05) is 31.8 Å². The first-order valence-corrected chi connectivity index (χ1v) is 33.0.